The van der Waals surface area contributed by atoms with Crippen molar-refractivity contribution >= 4 is 27.6 Å². The molecule has 0 fully saturated rings. The second-order valence-electron chi connectivity index (χ2n) is 5.37. The van der Waals surface area contributed by atoms with Gasteiger partial charge in [0, 0.05) is 5.69 Å². The molecule has 0 spiro atoms. The van der Waals surface area contributed by atoms with Crippen LogP contribution < -0.4 is 10.0 Å². The summed E-state index contributed by atoms with van der Waals surface area (Å²) in [5.74, 6) is -3.96. The van der Waals surface area contributed by atoms with Gasteiger partial charge in [-0.1, -0.05) is 12.1 Å². The Morgan fingerprint density at radius 3 is 2.32 bits per heavy atom. The molecule has 3 N–H and O–H groups in total. The van der Waals surface area contributed by atoms with Crippen molar-refractivity contribution in [3.05, 3.63) is 59.4 Å². The standard InChI is InChI=1S/C16H12F4N2O5S/c17-12-6-5-9(7-11(12)16(18,19)20)22-28(26,27)13-4-2-1-3-10(13)15(25)21-8-14(23)24/h1-7,22H,8H2,(H,21,25)(H,23,24). The van der Waals surface area contributed by atoms with Gasteiger partial charge in [-0.15, -0.1) is 0 Å². The molecule has 0 atom stereocenters. The predicted octanol–water partition coefficient (Wildman–Crippen LogP) is 2.46. The molecule has 12 heteroatoms. The summed E-state index contributed by atoms with van der Waals surface area (Å²) in [6.07, 6.45) is -5.04. The Bertz CT molecular complexity index is 1020. The van der Waals surface area contributed by atoms with Gasteiger partial charge in [0.2, 0.25) is 0 Å². The lowest BCUT2D eigenvalue weighted by atomic mass is 10.2. The van der Waals surface area contributed by atoms with Gasteiger partial charge in [-0.3, -0.25) is 14.3 Å². The van der Waals surface area contributed by atoms with Gasteiger partial charge >= 0.3 is 12.1 Å². The van der Waals surface area contributed by atoms with Crippen LogP contribution in [0.1, 0.15) is 15.9 Å². The lowest BCUT2D eigenvalue weighted by molar-refractivity contribution is -0.140. The van der Waals surface area contributed by atoms with Crippen molar-refractivity contribution in [3.63, 3.8) is 0 Å². The van der Waals surface area contributed by atoms with Gasteiger partial charge in [-0.2, -0.15) is 13.2 Å². The number of halogens is 4. The van der Waals surface area contributed by atoms with E-state index in [0.29, 0.717) is 6.07 Å². The van der Waals surface area contributed by atoms with Crippen LogP contribution in [0.2, 0.25) is 0 Å². The van der Waals surface area contributed by atoms with E-state index in [1.54, 1.807) is 0 Å². The minimum absolute atomic E-state index is 0.278. The van der Waals surface area contributed by atoms with Crippen LogP contribution in [-0.4, -0.2) is 31.9 Å². The lowest BCUT2D eigenvalue weighted by Crippen LogP contribution is -2.30. The SMILES string of the molecule is O=C(O)CNC(=O)c1ccccc1S(=O)(=O)Nc1ccc(F)c(C(F)(F)F)c1. The molecule has 2 aromatic rings. The van der Waals surface area contributed by atoms with Crippen LogP contribution >= 0.6 is 0 Å². The summed E-state index contributed by atoms with van der Waals surface area (Å²) in [4.78, 5) is 22.0. The number of hydrogen-bond donors (Lipinski definition) is 3. The lowest BCUT2D eigenvalue weighted by Gasteiger charge is -2.14. The summed E-state index contributed by atoms with van der Waals surface area (Å²) in [6.45, 7) is -0.770. The molecular formula is C16H12F4N2O5S. The number of carboxylic acids is 1. The van der Waals surface area contributed by atoms with E-state index in [-0.39, 0.29) is 6.07 Å². The van der Waals surface area contributed by atoms with E-state index < -0.39 is 62.1 Å². The maximum atomic E-state index is 13.3. The Balaban J connectivity index is 2.39. The molecular weight excluding hydrogens is 408 g/mol. The highest BCUT2D eigenvalue weighted by Crippen LogP contribution is 2.33. The number of carbonyl (C=O) groups is 2. The first-order chi connectivity index (χ1) is 12.9. The number of alkyl halides is 3. The second kappa shape index (κ2) is 7.84. The largest absolute Gasteiger partial charge is 0.480 e. The zero-order valence-electron chi connectivity index (χ0n) is 13.7. The summed E-state index contributed by atoms with van der Waals surface area (Å²) in [6, 6.07) is 6.19. The number of hydrogen-bond acceptors (Lipinski definition) is 4. The summed E-state index contributed by atoms with van der Waals surface area (Å²) in [5.41, 5.74) is -2.66. The molecule has 0 aromatic heterocycles. The molecule has 0 radical (unpaired) electrons. The van der Waals surface area contributed by atoms with E-state index in [2.05, 4.69) is 0 Å². The first-order valence-corrected chi connectivity index (χ1v) is 8.89. The number of rotatable bonds is 6. The van der Waals surface area contributed by atoms with Gasteiger partial charge < -0.3 is 10.4 Å². The molecule has 2 aromatic carbocycles. The van der Waals surface area contributed by atoms with Crippen LogP contribution in [0, 0.1) is 5.82 Å². The summed E-state index contributed by atoms with van der Waals surface area (Å²) in [7, 11) is -4.55. The quantitative estimate of drug-likeness (QED) is 0.622. The minimum atomic E-state index is -5.04. The van der Waals surface area contributed by atoms with Crippen molar-refractivity contribution in [2.24, 2.45) is 0 Å². The molecule has 0 saturated heterocycles. The van der Waals surface area contributed by atoms with Crippen LogP contribution in [0.5, 0.6) is 0 Å². The Hall–Kier alpha value is -3.15. The normalized spacial score (nSPS) is 11.7. The Labute approximate surface area is 156 Å². The number of carboxylic acid groups (broad SMARTS) is 1. The Kier molecular flexibility index (Phi) is 5.92. The van der Waals surface area contributed by atoms with Gasteiger partial charge in [-0.05, 0) is 30.3 Å². The van der Waals surface area contributed by atoms with Gasteiger partial charge in [0.25, 0.3) is 15.9 Å². The van der Waals surface area contributed by atoms with Crippen molar-refractivity contribution in [3.8, 4) is 0 Å². The number of nitrogens with one attached hydrogen (secondary N) is 2. The molecule has 0 aliphatic rings. The molecule has 28 heavy (non-hydrogen) atoms. The zero-order valence-corrected chi connectivity index (χ0v) is 14.6. The molecule has 0 bridgehead atoms. The number of amides is 1. The van der Waals surface area contributed by atoms with E-state index in [1.165, 1.54) is 12.1 Å². The summed E-state index contributed by atoms with van der Waals surface area (Å²) < 4.78 is 78.6. The Morgan fingerprint density at radius 2 is 1.71 bits per heavy atom. The molecule has 1 amide bonds. The van der Waals surface area contributed by atoms with Gasteiger partial charge in [0.05, 0.1) is 11.1 Å². The maximum absolute atomic E-state index is 13.3. The van der Waals surface area contributed by atoms with E-state index in [0.717, 1.165) is 18.2 Å². The highest BCUT2D eigenvalue weighted by Gasteiger charge is 2.34. The fourth-order valence-electron chi connectivity index (χ4n) is 2.16. The monoisotopic (exact) mass is 420 g/mol. The molecule has 2 rings (SSSR count). The molecule has 0 heterocycles. The number of aliphatic carboxylic acids is 1. The molecule has 0 aliphatic heterocycles. The summed E-state index contributed by atoms with van der Waals surface area (Å²) >= 11 is 0. The number of carbonyl (C=O) groups excluding carboxylic acids is 1. The van der Waals surface area contributed by atoms with Crippen LogP contribution in [0.4, 0.5) is 23.2 Å². The topological polar surface area (TPSA) is 113 Å². The van der Waals surface area contributed by atoms with Gasteiger partial charge in [-0.25, -0.2) is 12.8 Å². The smallest absolute Gasteiger partial charge is 0.419 e. The number of sulfonamides is 1. The third-order valence-corrected chi connectivity index (χ3v) is 4.78. The highest BCUT2D eigenvalue weighted by atomic mass is 32.2. The van der Waals surface area contributed by atoms with Crippen molar-refractivity contribution in [1.82, 2.24) is 5.32 Å². The van der Waals surface area contributed by atoms with E-state index in [9.17, 15) is 35.6 Å². The first kappa shape index (κ1) is 21.2. The van der Waals surface area contributed by atoms with Gasteiger partial charge in [0.15, 0.2) is 0 Å². The molecule has 150 valence electrons. The first-order valence-electron chi connectivity index (χ1n) is 7.40. The van der Waals surface area contributed by atoms with Crippen LogP contribution in [0.15, 0.2) is 47.4 Å². The molecule has 0 aliphatic carbocycles. The maximum Gasteiger partial charge on any atom is 0.419 e. The molecule has 0 unspecified atom stereocenters. The number of anilines is 1. The number of benzene rings is 2. The third-order valence-electron chi connectivity index (χ3n) is 3.35. The van der Waals surface area contributed by atoms with Crippen LogP contribution in [0.3, 0.4) is 0 Å². The van der Waals surface area contributed by atoms with E-state index >= 15 is 0 Å². The fraction of sp³-hybridized carbons (Fsp3) is 0.125. The van der Waals surface area contributed by atoms with Crippen molar-refractivity contribution < 1.29 is 40.7 Å². The summed E-state index contributed by atoms with van der Waals surface area (Å²) in [5, 5.41) is 10.6. The molecule has 7 nitrogen and oxygen atoms in total. The predicted molar refractivity (Wildman–Crippen MR) is 88.6 cm³/mol. The minimum Gasteiger partial charge on any atom is -0.480 e. The fourth-order valence-corrected chi connectivity index (χ4v) is 3.41. The van der Waals surface area contributed by atoms with Crippen LogP contribution in [-0.2, 0) is 21.0 Å². The Morgan fingerprint density at radius 1 is 1.07 bits per heavy atom. The molecule has 0 saturated carbocycles. The van der Waals surface area contributed by atoms with Crippen LogP contribution in [0.25, 0.3) is 0 Å². The van der Waals surface area contributed by atoms with E-state index in [1.807, 2.05) is 10.0 Å². The van der Waals surface area contributed by atoms with E-state index in [4.69, 9.17) is 5.11 Å². The average molecular weight is 420 g/mol. The zero-order chi connectivity index (χ0) is 21.1. The second-order valence-corrected chi connectivity index (χ2v) is 7.02. The third kappa shape index (κ3) is 4.97. The highest BCUT2D eigenvalue weighted by molar-refractivity contribution is 7.92. The van der Waals surface area contributed by atoms with Crippen molar-refractivity contribution in [2.75, 3.05) is 11.3 Å². The van der Waals surface area contributed by atoms with Gasteiger partial charge in [0.1, 0.15) is 17.3 Å². The van der Waals surface area contributed by atoms with Crippen molar-refractivity contribution in [1.29, 1.82) is 0 Å². The van der Waals surface area contributed by atoms with Crippen molar-refractivity contribution in [2.45, 2.75) is 11.1 Å². The average Bonchev–Trinajstić information content (AvgIpc) is 2.60.